The van der Waals surface area contributed by atoms with Gasteiger partial charge in [0.1, 0.15) is 11.6 Å². The second-order valence-electron chi connectivity index (χ2n) is 6.48. The van der Waals surface area contributed by atoms with E-state index in [0.717, 1.165) is 6.54 Å². The highest BCUT2D eigenvalue weighted by Crippen LogP contribution is 2.28. The molecule has 0 radical (unpaired) electrons. The Hall–Kier alpha value is -2.25. The van der Waals surface area contributed by atoms with Crippen LogP contribution in [0.25, 0.3) is 5.69 Å². The summed E-state index contributed by atoms with van der Waals surface area (Å²) in [5, 5.41) is 3.60. The van der Waals surface area contributed by atoms with Crippen LogP contribution in [-0.4, -0.2) is 34.8 Å². The normalized spacial score (nSPS) is 14.3. The van der Waals surface area contributed by atoms with Crippen LogP contribution in [0, 0.1) is 5.92 Å². The Morgan fingerprint density at radius 3 is 2.72 bits per heavy atom. The van der Waals surface area contributed by atoms with Gasteiger partial charge in [0, 0.05) is 13.1 Å². The molecule has 8 heteroatoms. The van der Waals surface area contributed by atoms with Gasteiger partial charge in [-0.05, 0) is 24.1 Å². The molecule has 25 heavy (non-hydrogen) atoms. The molecule has 0 saturated heterocycles. The summed E-state index contributed by atoms with van der Waals surface area (Å²) in [5.41, 5.74) is 0.234. The lowest BCUT2D eigenvalue weighted by molar-refractivity contribution is 0.242. The Bertz CT molecular complexity index is 904. The number of methoxy groups -OCH3 is 1. The van der Waals surface area contributed by atoms with E-state index >= 15 is 0 Å². The molecule has 2 aromatic rings. The van der Waals surface area contributed by atoms with E-state index in [9.17, 15) is 9.59 Å². The number of hydrogen-bond acceptors (Lipinski definition) is 5. The molecule has 0 fully saturated rings. The van der Waals surface area contributed by atoms with Crippen molar-refractivity contribution in [3.05, 3.63) is 49.6 Å². The third-order valence-corrected chi connectivity index (χ3v) is 4.37. The van der Waals surface area contributed by atoms with Gasteiger partial charge in [-0.2, -0.15) is 0 Å². The number of H-pyrrole nitrogens is 1. The lowest BCUT2D eigenvalue weighted by atomic mass is 10.1. The van der Waals surface area contributed by atoms with E-state index in [1.165, 1.54) is 11.7 Å². The molecule has 2 heterocycles. The molecule has 3 rings (SSSR count). The van der Waals surface area contributed by atoms with Gasteiger partial charge in [-0.1, -0.05) is 25.4 Å². The maximum atomic E-state index is 12.4. The summed E-state index contributed by atoms with van der Waals surface area (Å²) < 4.78 is 6.59. The largest absolute Gasteiger partial charge is 0.495 e. The highest BCUT2D eigenvalue weighted by molar-refractivity contribution is 6.32. The molecule has 1 aromatic carbocycles. The van der Waals surface area contributed by atoms with Gasteiger partial charge in [-0.15, -0.1) is 0 Å². The average Bonchev–Trinajstić information content (AvgIpc) is 2.55. The molecule has 1 aliphatic rings. The maximum Gasteiger partial charge on any atom is 0.334 e. The van der Waals surface area contributed by atoms with Gasteiger partial charge in [0.2, 0.25) is 0 Å². The number of aromatic amines is 1. The Balaban J connectivity index is 2.09. The second-order valence-corrected chi connectivity index (χ2v) is 6.89. The van der Waals surface area contributed by atoms with Gasteiger partial charge in [0.05, 0.1) is 30.1 Å². The van der Waals surface area contributed by atoms with Crippen LogP contribution in [-0.2, 0) is 6.54 Å². The van der Waals surface area contributed by atoms with Crippen molar-refractivity contribution < 1.29 is 4.74 Å². The molecule has 0 saturated carbocycles. The third-order valence-electron chi connectivity index (χ3n) is 4.08. The zero-order valence-electron chi connectivity index (χ0n) is 14.4. The molecule has 0 amide bonds. The van der Waals surface area contributed by atoms with Crippen LogP contribution in [0.2, 0.25) is 5.02 Å². The minimum Gasteiger partial charge on any atom is -0.495 e. The van der Waals surface area contributed by atoms with Crippen LogP contribution in [0.1, 0.15) is 19.4 Å². The van der Waals surface area contributed by atoms with Gasteiger partial charge >= 0.3 is 5.69 Å². The fourth-order valence-corrected chi connectivity index (χ4v) is 3.31. The molecule has 7 nitrogen and oxygen atoms in total. The van der Waals surface area contributed by atoms with Gasteiger partial charge in [0.25, 0.3) is 5.56 Å². The Kier molecular flexibility index (Phi) is 4.87. The van der Waals surface area contributed by atoms with Gasteiger partial charge < -0.3 is 10.1 Å². The van der Waals surface area contributed by atoms with Gasteiger partial charge in [0.15, 0.2) is 0 Å². The minimum atomic E-state index is -0.505. The van der Waals surface area contributed by atoms with Crippen LogP contribution >= 0.6 is 11.6 Å². The molecule has 0 unspecified atom stereocenters. The van der Waals surface area contributed by atoms with Gasteiger partial charge in [-0.25, -0.2) is 9.36 Å². The Labute approximate surface area is 150 Å². The predicted octanol–water partition coefficient (Wildman–Crippen LogP) is 2.03. The van der Waals surface area contributed by atoms with Crippen LogP contribution < -0.4 is 21.3 Å². The van der Waals surface area contributed by atoms with Crippen molar-refractivity contribution in [1.82, 2.24) is 14.5 Å². The molecule has 0 bridgehead atoms. The third kappa shape index (κ3) is 3.43. The Morgan fingerprint density at radius 2 is 2.08 bits per heavy atom. The van der Waals surface area contributed by atoms with Crippen LogP contribution in [0.3, 0.4) is 0 Å². The van der Waals surface area contributed by atoms with Crippen LogP contribution in [0.4, 0.5) is 5.82 Å². The molecular formula is C17H21ClN4O3. The van der Waals surface area contributed by atoms with Crippen molar-refractivity contribution in [2.75, 3.05) is 25.6 Å². The van der Waals surface area contributed by atoms with Crippen LogP contribution in [0.15, 0.2) is 27.8 Å². The fraction of sp³-hybridized carbons (Fsp3) is 0.412. The first-order valence-corrected chi connectivity index (χ1v) is 8.47. The zero-order valence-corrected chi connectivity index (χ0v) is 15.2. The number of hydrogen-bond donors (Lipinski definition) is 2. The summed E-state index contributed by atoms with van der Waals surface area (Å²) in [6, 6.07) is 5.06. The number of nitrogens with zero attached hydrogens (tertiary/aromatic N) is 2. The molecular weight excluding hydrogens is 344 g/mol. The lowest BCUT2D eigenvalue weighted by Gasteiger charge is -2.31. The van der Waals surface area contributed by atoms with E-state index in [1.807, 2.05) is 0 Å². The van der Waals surface area contributed by atoms with Crippen molar-refractivity contribution in [1.29, 1.82) is 0 Å². The van der Waals surface area contributed by atoms with Crippen LogP contribution in [0.5, 0.6) is 5.75 Å². The van der Waals surface area contributed by atoms with Crippen molar-refractivity contribution in [3.8, 4) is 11.4 Å². The van der Waals surface area contributed by atoms with E-state index in [-0.39, 0.29) is 5.56 Å². The van der Waals surface area contributed by atoms with E-state index in [4.69, 9.17) is 16.3 Å². The quantitative estimate of drug-likeness (QED) is 0.867. The fourth-order valence-electron chi connectivity index (χ4n) is 3.06. The van der Waals surface area contributed by atoms with E-state index in [1.54, 1.807) is 18.2 Å². The standard InChI is InChI=1S/C17H21ClN4O3/c1-10(2)7-21-8-12-15(19-9-21)22(17(24)20-16(12)23)11-4-5-14(25-3)13(18)6-11/h4-6,10,19H,7-9H2,1-3H3,(H,20,23,24). The molecule has 134 valence electrons. The molecule has 1 aliphatic heterocycles. The Morgan fingerprint density at radius 1 is 1.32 bits per heavy atom. The minimum absolute atomic E-state index is 0.364. The predicted molar refractivity (Wildman–Crippen MR) is 98.0 cm³/mol. The summed E-state index contributed by atoms with van der Waals surface area (Å²) in [7, 11) is 1.53. The number of rotatable bonds is 4. The number of benzene rings is 1. The first kappa shape index (κ1) is 17.6. The SMILES string of the molecule is COc1ccc(-n2c3c(c(=O)[nH]c2=O)CN(CC(C)C)CN3)cc1Cl. The highest BCUT2D eigenvalue weighted by atomic mass is 35.5. The molecule has 0 aliphatic carbocycles. The number of fused-ring (bicyclic) bond motifs is 1. The lowest BCUT2D eigenvalue weighted by Crippen LogP contribution is -2.43. The molecule has 1 aromatic heterocycles. The van der Waals surface area contributed by atoms with E-state index in [2.05, 4.69) is 29.0 Å². The first-order valence-electron chi connectivity index (χ1n) is 8.09. The summed E-state index contributed by atoms with van der Waals surface area (Å²) in [6.07, 6.45) is 0. The summed E-state index contributed by atoms with van der Waals surface area (Å²) in [5.74, 6) is 1.51. The summed E-state index contributed by atoms with van der Waals surface area (Å²) in [4.78, 5) is 29.2. The number of aromatic nitrogens is 2. The zero-order chi connectivity index (χ0) is 18.1. The van der Waals surface area contributed by atoms with Crippen molar-refractivity contribution in [3.63, 3.8) is 0 Å². The smallest absolute Gasteiger partial charge is 0.334 e. The number of nitrogens with one attached hydrogen (secondary N) is 2. The summed E-state index contributed by atoms with van der Waals surface area (Å²) >= 11 is 6.19. The number of halogens is 1. The molecule has 0 atom stereocenters. The first-order chi connectivity index (χ1) is 11.9. The van der Waals surface area contributed by atoms with Crippen molar-refractivity contribution in [2.45, 2.75) is 20.4 Å². The highest BCUT2D eigenvalue weighted by Gasteiger charge is 2.24. The number of anilines is 1. The monoisotopic (exact) mass is 364 g/mol. The second kappa shape index (κ2) is 6.93. The van der Waals surface area contributed by atoms with Gasteiger partial charge in [-0.3, -0.25) is 14.7 Å². The topological polar surface area (TPSA) is 79.4 Å². The van der Waals surface area contributed by atoms with Crippen molar-refractivity contribution in [2.24, 2.45) is 5.92 Å². The van der Waals surface area contributed by atoms with E-state index in [0.29, 0.717) is 47.0 Å². The molecule has 2 N–H and O–H groups in total. The molecule has 0 spiro atoms. The average molecular weight is 365 g/mol. The number of ether oxygens (including phenoxy) is 1. The maximum absolute atomic E-state index is 12.4. The summed E-state index contributed by atoms with van der Waals surface area (Å²) in [6.45, 7) is 6.16. The van der Waals surface area contributed by atoms with Crippen molar-refractivity contribution >= 4 is 17.4 Å². The van der Waals surface area contributed by atoms with E-state index < -0.39 is 5.69 Å².